The third kappa shape index (κ3) is 2.47. The van der Waals surface area contributed by atoms with Crippen LogP contribution >= 0.6 is 0 Å². The molecule has 0 bridgehead atoms. The monoisotopic (exact) mass is 258 g/mol. The summed E-state index contributed by atoms with van der Waals surface area (Å²) in [5.74, 6) is -0.455. The number of anilines is 1. The summed E-state index contributed by atoms with van der Waals surface area (Å²) in [6.07, 6.45) is 1.20. The summed E-state index contributed by atoms with van der Waals surface area (Å²) in [5, 5.41) is 19.5. The van der Waals surface area contributed by atoms with E-state index in [1.165, 1.54) is 6.07 Å². The zero-order chi connectivity index (χ0) is 12.6. The second kappa shape index (κ2) is 3.88. The van der Waals surface area contributed by atoms with E-state index in [0.29, 0.717) is 12.8 Å². The molecule has 0 unspecified atom stereocenters. The molecule has 0 heterocycles. The average molecular weight is 258 g/mol. The molecule has 1 aliphatic rings. The summed E-state index contributed by atoms with van der Waals surface area (Å²) < 4.78 is 25.4. The van der Waals surface area contributed by atoms with E-state index < -0.39 is 25.9 Å². The van der Waals surface area contributed by atoms with Gasteiger partial charge in [-0.15, -0.1) is 0 Å². The van der Waals surface area contributed by atoms with Crippen molar-refractivity contribution in [2.45, 2.75) is 18.1 Å². The normalized spacial score (nSPS) is 15.5. The van der Waals surface area contributed by atoms with Crippen LogP contribution in [0.15, 0.2) is 18.2 Å². The Bertz CT molecular complexity index is 565. The molecule has 17 heavy (non-hydrogen) atoms. The minimum Gasteiger partial charge on any atom is -0.505 e. The van der Waals surface area contributed by atoms with Crippen molar-refractivity contribution < 1.29 is 18.4 Å². The van der Waals surface area contributed by atoms with Crippen LogP contribution in [0, 0.1) is 10.1 Å². The van der Waals surface area contributed by atoms with E-state index in [-0.39, 0.29) is 11.4 Å². The van der Waals surface area contributed by atoms with Crippen molar-refractivity contribution in [2.24, 2.45) is 0 Å². The Labute approximate surface area is 97.3 Å². The molecule has 2 rings (SSSR count). The molecule has 1 aromatic carbocycles. The van der Waals surface area contributed by atoms with Crippen LogP contribution in [0.4, 0.5) is 11.4 Å². The third-order valence-corrected chi connectivity index (χ3v) is 4.26. The number of hydrogen-bond donors (Lipinski definition) is 2. The van der Waals surface area contributed by atoms with E-state index >= 15 is 0 Å². The fourth-order valence-electron chi connectivity index (χ4n) is 1.33. The fourth-order valence-corrected chi connectivity index (χ4v) is 2.74. The van der Waals surface area contributed by atoms with E-state index in [1.54, 1.807) is 0 Å². The van der Waals surface area contributed by atoms with Crippen LogP contribution in [0.1, 0.15) is 12.8 Å². The Morgan fingerprint density at radius 3 is 2.53 bits per heavy atom. The lowest BCUT2D eigenvalue weighted by Gasteiger charge is -2.08. The molecule has 7 nitrogen and oxygen atoms in total. The quantitative estimate of drug-likeness (QED) is 0.479. The smallest absolute Gasteiger partial charge is 0.273 e. The maximum absolute atomic E-state index is 11.6. The summed E-state index contributed by atoms with van der Waals surface area (Å²) in [7, 11) is -3.48. The number of phenols is 1. The fraction of sp³-hybridized carbons (Fsp3) is 0.333. The molecule has 0 saturated heterocycles. The van der Waals surface area contributed by atoms with Crippen molar-refractivity contribution >= 4 is 21.4 Å². The van der Waals surface area contributed by atoms with Gasteiger partial charge in [0.15, 0.2) is 0 Å². The van der Waals surface area contributed by atoms with Crippen LogP contribution < -0.4 is 4.72 Å². The van der Waals surface area contributed by atoms with Gasteiger partial charge in [-0.2, -0.15) is 0 Å². The number of benzene rings is 1. The number of non-ortho nitro benzene ring substituents is 1. The van der Waals surface area contributed by atoms with Crippen molar-refractivity contribution in [1.82, 2.24) is 0 Å². The van der Waals surface area contributed by atoms with Gasteiger partial charge in [0.1, 0.15) is 5.75 Å². The molecule has 1 fully saturated rings. The van der Waals surface area contributed by atoms with Crippen molar-refractivity contribution in [3.05, 3.63) is 28.3 Å². The molecule has 1 aromatic rings. The summed E-state index contributed by atoms with van der Waals surface area (Å²) in [6.45, 7) is 0. The van der Waals surface area contributed by atoms with Gasteiger partial charge in [-0.3, -0.25) is 14.8 Å². The van der Waals surface area contributed by atoms with Crippen LogP contribution in [0.25, 0.3) is 0 Å². The predicted octanol–water partition coefficient (Wildman–Crippen LogP) is 1.20. The molecule has 0 aliphatic heterocycles. The molecule has 92 valence electrons. The lowest BCUT2D eigenvalue weighted by Crippen LogP contribution is -2.17. The van der Waals surface area contributed by atoms with Crippen molar-refractivity contribution in [3.63, 3.8) is 0 Å². The van der Waals surface area contributed by atoms with E-state index in [0.717, 1.165) is 12.1 Å². The summed E-state index contributed by atoms with van der Waals surface area (Å²) in [4.78, 5) is 9.76. The number of hydrogen-bond acceptors (Lipinski definition) is 5. The van der Waals surface area contributed by atoms with Crippen LogP contribution in [-0.4, -0.2) is 23.7 Å². The van der Waals surface area contributed by atoms with E-state index in [4.69, 9.17) is 0 Å². The first kappa shape index (κ1) is 11.6. The Hall–Kier alpha value is -1.83. The summed E-state index contributed by atoms with van der Waals surface area (Å²) in [5.41, 5.74) is -0.334. The lowest BCUT2D eigenvalue weighted by atomic mass is 10.3. The first-order valence-electron chi connectivity index (χ1n) is 4.89. The number of rotatable bonds is 4. The summed E-state index contributed by atoms with van der Waals surface area (Å²) >= 11 is 0. The van der Waals surface area contributed by atoms with E-state index in [2.05, 4.69) is 4.72 Å². The molecule has 0 atom stereocenters. The number of sulfonamides is 1. The van der Waals surface area contributed by atoms with Crippen LogP contribution in [0.3, 0.4) is 0 Å². The number of aromatic hydroxyl groups is 1. The standard InChI is InChI=1S/C9H10N2O5S/c12-9-5-6(11(13)14)1-4-8(9)10-17(15,16)7-2-3-7/h1,4-5,7,10,12H,2-3H2. The molecule has 0 amide bonds. The van der Waals surface area contributed by atoms with Gasteiger partial charge in [-0.1, -0.05) is 0 Å². The number of nitrogens with one attached hydrogen (secondary N) is 1. The SMILES string of the molecule is O=[N+]([O-])c1ccc(NS(=O)(=O)C2CC2)c(O)c1. The molecule has 2 N–H and O–H groups in total. The second-order valence-electron chi connectivity index (χ2n) is 3.80. The number of nitro groups is 1. The second-order valence-corrected chi connectivity index (χ2v) is 5.77. The molecule has 1 aliphatic carbocycles. The van der Waals surface area contributed by atoms with Crippen molar-refractivity contribution in [2.75, 3.05) is 4.72 Å². The molecule has 0 aromatic heterocycles. The molecular formula is C9H10N2O5S. The van der Waals surface area contributed by atoms with Crippen molar-refractivity contribution in [1.29, 1.82) is 0 Å². The number of phenolic OH excluding ortho intramolecular Hbond substituents is 1. The first-order valence-corrected chi connectivity index (χ1v) is 6.44. The first-order chi connectivity index (χ1) is 7.90. The molecule has 8 heteroatoms. The Morgan fingerprint density at radius 2 is 2.06 bits per heavy atom. The zero-order valence-corrected chi connectivity index (χ0v) is 9.48. The highest BCUT2D eigenvalue weighted by molar-refractivity contribution is 7.93. The Morgan fingerprint density at radius 1 is 1.41 bits per heavy atom. The lowest BCUT2D eigenvalue weighted by molar-refractivity contribution is -0.384. The maximum Gasteiger partial charge on any atom is 0.273 e. The van der Waals surface area contributed by atoms with Gasteiger partial charge in [0.25, 0.3) is 5.69 Å². The number of nitrogens with zero attached hydrogens (tertiary/aromatic N) is 1. The average Bonchev–Trinajstić information content (AvgIpc) is 3.04. The molecule has 0 spiro atoms. The Kier molecular flexibility index (Phi) is 2.66. The minimum atomic E-state index is -3.48. The van der Waals surface area contributed by atoms with Gasteiger partial charge in [0.2, 0.25) is 10.0 Å². The van der Waals surface area contributed by atoms with Crippen LogP contribution in [0.5, 0.6) is 5.75 Å². The van der Waals surface area contributed by atoms with E-state index in [1.807, 2.05) is 0 Å². The molecular weight excluding hydrogens is 248 g/mol. The van der Waals surface area contributed by atoms with Gasteiger partial charge in [0, 0.05) is 6.07 Å². The largest absolute Gasteiger partial charge is 0.505 e. The number of nitro benzene ring substituents is 1. The van der Waals surface area contributed by atoms with Gasteiger partial charge >= 0.3 is 0 Å². The van der Waals surface area contributed by atoms with Gasteiger partial charge in [0.05, 0.1) is 21.9 Å². The highest BCUT2D eigenvalue weighted by atomic mass is 32.2. The van der Waals surface area contributed by atoms with E-state index in [9.17, 15) is 23.6 Å². The van der Waals surface area contributed by atoms with Gasteiger partial charge < -0.3 is 5.11 Å². The van der Waals surface area contributed by atoms with Gasteiger partial charge in [-0.25, -0.2) is 8.42 Å². The van der Waals surface area contributed by atoms with Crippen LogP contribution in [-0.2, 0) is 10.0 Å². The highest BCUT2D eigenvalue weighted by Crippen LogP contribution is 2.33. The molecule has 1 saturated carbocycles. The highest BCUT2D eigenvalue weighted by Gasteiger charge is 2.36. The van der Waals surface area contributed by atoms with Crippen LogP contribution in [0.2, 0.25) is 0 Å². The molecule has 0 radical (unpaired) electrons. The Balaban J connectivity index is 2.25. The predicted molar refractivity (Wildman–Crippen MR) is 60.3 cm³/mol. The summed E-state index contributed by atoms with van der Waals surface area (Å²) in [6, 6.07) is 3.21. The zero-order valence-electron chi connectivity index (χ0n) is 8.66. The minimum absolute atomic E-state index is 0.0394. The van der Waals surface area contributed by atoms with Crippen molar-refractivity contribution in [3.8, 4) is 5.75 Å². The van der Waals surface area contributed by atoms with Gasteiger partial charge in [-0.05, 0) is 18.9 Å². The topological polar surface area (TPSA) is 110 Å². The third-order valence-electron chi connectivity index (χ3n) is 2.41. The maximum atomic E-state index is 11.6.